The number of carbonyl (C=O) groups is 1. The highest BCUT2D eigenvalue weighted by molar-refractivity contribution is 5.67. The minimum Gasteiger partial charge on any atom is -0.444 e. The van der Waals surface area contributed by atoms with Gasteiger partial charge >= 0.3 is 6.09 Å². The van der Waals surface area contributed by atoms with Crippen molar-refractivity contribution in [3.63, 3.8) is 0 Å². The Kier molecular flexibility index (Phi) is 5.93. The standard InChI is InChI=1S/C14H28N2O2/c1-12-6-10-16(11-7-12)9-5-8-15-13(17)18-14(2,3)4/h12H,5-11H2,1-4H3,(H,15,17). The fourth-order valence-electron chi connectivity index (χ4n) is 2.09. The van der Waals surface area contributed by atoms with E-state index in [9.17, 15) is 4.79 Å². The van der Waals surface area contributed by atoms with Crippen LogP contribution in [0.25, 0.3) is 0 Å². The van der Waals surface area contributed by atoms with Gasteiger partial charge in [0, 0.05) is 6.54 Å². The zero-order valence-electron chi connectivity index (χ0n) is 12.3. The van der Waals surface area contributed by atoms with Crippen LogP contribution in [-0.4, -0.2) is 42.8 Å². The number of rotatable bonds is 4. The molecule has 0 aromatic heterocycles. The molecule has 1 aliphatic rings. The molecule has 18 heavy (non-hydrogen) atoms. The third-order valence-corrected chi connectivity index (χ3v) is 3.20. The molecule has 0 bridgehead atoms. The summed E-state index contributed by atoms with van der Waals surface area (Å²) in [5, 5.41) is 2.80. The Labute approximate surface area is 111 Å². The highest BCUT2D eigenvalue weighted by Crippen LogP contribution is 2.15. The van der Waals surface area contributed by atoms with Crippen molar-refractivity contribution in [1.29, 1.82) is 0 Å². The first-order chi connectivity index (χ1) is 8.37. The second-order valence-corrected chi connectivity index (χ2v) is 6.31. The maximum absolute atomic E-state index is 11.4. The van der Waals surface area contributed by atoms with Crippen molar-refractivity contribution in [3.8, 4) is 0 Å². The molecule has 0 unspecified atom stereocenters. The van der Waals surface area contributed by atoms with Gasteiger partial charge < -0.3 is 15.0 Å². The van der Waals surface area contributed by atoms with Crippen molar-refractivity contribution in [1.82, 2.24) is 10.2 Å². The van der Waals surface area contributed by atoms with E-state index in [1.165, 1.54) is 25.9 Å². The number of likely N-dealkylation sites (tertiary alicyclic amines) is 1. The zero-order valence-corrected chi connectivity index (χ0v) is 12.3. The van der Waals surface area contributed by atoms with Crippen LogP contribution in [0, 0.1) is 5.92 Å². The smallest absolute Gasteiger partial charge is 0.407 e. The number of carbonyl (C=O) groups excluding carboxylic acids is 1. The van der Waals surface area contributed by atoms with Crippen molar-refractivity contribution in [2.75, 3.05) is 26.2 Å². The molecule has 4 heteroatoms. The van der Waals surface area contributed by atoms with E-state index in [0.29, 0.717) is 6.54 Å². The van der Waals surface area contributed by atoms with Gasteiger partial charge in [0.25, 0.3) is 0 Å². The summed E-state index contributed by atoms with van der Waals surface area (Å²) in [5.41, 5.74) is -0.410. The Balaban J connectivity index is 2.03. The first-order valence-electron chi connectivity index (χ1n) is 7.06. The Morgan fingerprint density at radius 3 is 2.50 bits per heavy atom. The highest BCUT2D eigenvalue weighted by atomic mass is 16.6. The van der Waals surface area contributed by atoms with Gasteiger partial charge in [0.05, 0.1) is 0 Å². The molecule has 0 spiro atoms. The van der Waals surface area contributed by atoms with Crippen LogP contribution in [0.2, 0.25) is 0 Å². The second-order valence-electron chi connectivity index (χ2n) is 6.31. The van der Waals surface area contributed by atoms with Gasteiger partial charge in [-0.05, 0) is 65.6 Å². The van der Waals surface area contributed by atoms with E-state index in [-0.39, 0.29) is 6.09 Å². The summed E-state index contributed by atoms with van der Waals surface area (Å²) < 4.78 is 5.18. The average Bonchev–Trinajstić information content (AvgIpc) is 2.24. The molecule has 106 valence electrons. The van der Waals surface area contributed by atoms with Gasteiger partial charge in [-0.1, -0.05) is 6.92 Å². The van der Waals surface area contributed by atoms with Gasteiger partial charge in [-0.25, -0.2) is 4.79 Å². The largest absolute Gasteiger partial charge is 0.444 e. The third kappa shape index (κ3) is 6.84. The summed E-state index contributed by atoms with van der Waals surface area (Å²) >= 11 is 0. The van der Waals surface area contributed by atoms with Crippen LogP contribution in [0.5, 0.6) is 0 Å². The van der Waals surface area contributed by atoms with Crippen LogP contribution in [0.3, 0.4) is 0 Å². The van der Waals surface area contributed by atoms with E-state index in [4.69, 9.17) is 4.74 Å². The van der Waals surface area contributed by atoms with Crippen LogP contribution in [0.15, 0.2) is 0 Å². The minimum atomic E-state index is -0.410. The molecule has 0 aromatic rings. The number of nitrogens with zero attached hydrogens (tertiary/aromatic N) is 1. The predicted molar refractivity (Wildman–Crippen MR) is 73.7 cm³/mol. The maximum Gasteiger partial charge on any atom is 0.407 e. The molecule has 1 rings (SSSR count). The highest BCUT2D eigenvalue weighted by Gasteiger charge is 2.16. The van der Waals surface area contributed by atoms with Crippen LogP contribution >= 0.6 is 0 Å². The van der Waals surface area contributed by atoms with Crippen molar-refractivity contribution >= 4 is 6.09 Å². The summed E-state index contributed by atoms with van der Waals surface area (Å²) in [4.78, 5) is 13.9. The van der Waals surface area contributed by atoms with E-state index in [0.717, 1.165) is 18.9 Å². The third-order valence-electron chi connectivity index (χ3n) is 3.20. The molecule has 1 saturated heterocycles. The van der Waals surface area contributed by atoms with E-state index in [1.807, 2.05) is 20.8 Å². The number of hydrogen-bond donors (Lipinski definition) is 1. The molecule has 0 aromatic carbocycles. The molecule has 1 N–H and O–H groups in total. The van der Waals surface area contributed by atoms with Gasteiger partial charge in [-0.2, -0.15) is 0 Å². The maximum atomic E-state index is 11.4. The van der Waals surface area contributed by atoms with Crippen molar-refractivity contribution in [3.05, 3.63) is 0 Å². The fourth-order valence-corrected chi connectivity index (χ4v) is 2.09. The van der Waals surface area contributed by atoms with Gasteiger partial charge in [0.15, 0.2) is 0 Å². The molecule has 0 radical (unpaired) electrons. The molecule has 0 atom stereocenters. The Morgan fingerprint density at radius 1 is 1.33 bits per heavy atom. The number of hydrogen-bond acceptors (Lipinski definition) is 3. The quantitative estimate of drug-likeness (QED) is 0.786. The van der Waals surface area contributed by atoms with Crippen LogP contribution < -0.4 is 5.32 Å². The first-order valence-corrected chi connectivity index (χ1v) is 7.06. The van der Waals surface area contributed by atoms with Crippen LogP contribution in [-0.2, 0) is 4.74 Å². The Bertz CT molecular complexity index is 253. The monoisotopic (exact) mass is 256 g/mol. The van der Waals surface area contributed by atoms with Crippen molar-refractivity contribution < 1.29 is 9.53 Å². The zero-order chi connectivity index (χ0) is 13.6. The molecule has 0 aliphatic carbocycles. The van der Waals surface area contributed by atoms with Crippen molar-refractivity contribution in [2.24, 2.45) is 5.92 Å². The van der Waals surface area contributed by atoms with Crippen molar-refractivity contribution in [2.45, 2.75) is 52.6 Å². The SMILES string of the molecule is CC1CCN(CCCNC(=O)OC(C)(C)C)CC1. The molecule has 0 saturated carbocycles. The van der Waals surface area contributed by atoms with Crippen LogP contribution in [0.4, 0.5) is 4.79 Å². The summed E-state index contributed by atoms with van der Waals surface area (Å²) in [5.74, 6) is 0.876. The molecular formula is C14H28N2O2. The summed E-state index contributed by atoms with van der Waals surface area (Å²) in [6.07, 6.45) is 3.29. The van der Waals surface area contributed by atoms with Gasteiger partial charge in [0.2, 0.25) is 0 Å². The molecule has 1 amide bonds. The molecule has 1 fully saturated rings. The summed E-state index contributed by atoms with van der Waals surface area (Å²) in [6, 6.07) is 0. The predicted octanol–water partition coefficient (Wildman–Crippen LogP) is 2.63. The fraction of sp³-hybridized carbons (Fsp3) is 0.929. The number of piperidine rings is 1. The number of nitrogens with one attached hydrogen (secondary N) is 1. The van der Waals surface area contributed by atoms with E-state index >= 15 is 0 Å². The minimum absolute atomic E-state index is 0.310. The molecule has 1 heterocycles. The Hall–Kier alpha value is -0.770. The average molecular weight is 256 g/mol. The summed E-state index contributed by atoms with van der Waals surface area (Å²) in [6.45, 7) is 12.1. The van der Waals surface area contributed by atoms with E-state index in [1.54, 1.807) is 0 Å². The molecule has 4 nitrogen and oxygen atoms in total. The normalized spacial score (nSPS) is 18.7. The van der Waals surface area contributed by atoms with E-state index in [2.05, 4.69) is 17.1 Å². The lowest BCUT2D eigenvalue weighted by Crippen LogP contribution is -2.36. The van der Waals surface area contributed by atoms with Crippen LogP contribution in [0.1, 0.15) is 47.0 Å². The number of amides is 1. The van der Waals surface area contributed by atoms with Gasteiger partial charge in [0.1, 0.15) is 5.60 Å². The second kappa shape index (κ2) is 6.98. The topological polar surface area (TPSA) is 41.6 Å². The lowest BCUT2D eigenvalue weighted by atomic mass is 9.99. The Morgan fingerprint density at radius 2 is 1.94 bits per heavy atom. The number of alkyl carbamates (subject to hydrolysis) is 1. The lowest BCUT2D eigenvalue weighted by molar-refractivity contribution is 0.0525. The number of ether oxygens (including phenoxy) is 1. The lowest BCUT2D eigenvalue weighted by Gasteiger charge is -2.30. The van der Waals surface area contributed by atoms with E-state index < -0.39 is 5.60 Å². The molecule has 1 aliphatic heterocycles. The van der Waals surface area contributed by atoms with Gasteiger partial charge in [-0.3, -0.25) is 0 Å². The summed E-state index contributed by atoms with van der Waals surface area (Å²) in [7, 11) is 0. The molecular weight excluding hydrogens is 228 g/mol. The van der Waals surface area contributed by atoms with Gasteiger partial charge in [-0.15, -0.1) is 0 Å². The first kappa shape index (κ1) is 15.3.